The molecule has 0 radical (unpaired) electrons. The lowest BCUT2D eigenvalue weighted by molar-refractivity contribution is 0.0640. The Morgan fingerprint density at radius 3 is 2.65 bits per heavy atom. The summed E-state index contributed by atoms with van der Waals surface area (Å²) in [6, 6.07) is 0.343. The fourth-order valence-corrected chi connectivity index (χ4v) is 4.81. The number of piperidine rings is 1. The zero-order chi connectivity index (χ0) is 16.1. The van der Waals surface area contributed by atoms with Crippen molar-refractivity contribution in [2.75, 3.05) is 6.54 Å². The third-order valence-corrected chi connectivity index (χ3v) is 6.36. The van der Waals surface area contributed by atoms with E-state index in [1.54, 1.807) is 11.3 Å². The Hall–Kier alpha value is -1.49. The van der Waals surface area contributed by atoms with Crippen molar-refractivity contribution in [2.24, 2.45) is 0 Å². The van der Waals surface area contributed by atoms with Crippen LogP contribution >= 0.6 is 11.3 Å². The van der Waals surface area contributed by atoms with Gasteiger partial charge in [0.1, 0.15) is 10.7 Å². The minimum Gasteiger partial charge on any atom is -0.335 e. The van der Waals surface area contributed by atoms with Gasteiger partial charge in [0.2, 0.25) is 0 Å². The first-order chi connectivity index (χ1) is 11.1. The zero-order valence-corrected chi connectivity index (χ0v) is 14.9. The summed E-state index contributed by atoms with van der Waals surface area (Å²) in [5.41, 5.74) is 2.09. The van der Waals surface area contributed by atoms with Gasteiger partial charge in [-0.2, -0.15) is 0 Å². The van der Waals surface area contributed by atoms with E-state index < -0.39 is 0 Å². The molecule has 23 heavy (non-hydrogen) atoms. The van der Waals surface area contributed by atoms with E-state index in [1.807, 2.05) is 18.7 Å². The molecular weight excluding hydrogens is 306 g/mol. The van der Waals surface area contributed by atoms with Gasteiger partial charge in [-0.1, -0.05) is 0 Å². The number of hydrogen-bond acceptors (Lipinski definition) is 4. The molecule has 2 fully saturated rings. The molecule has 5 heteroatoms. The Labute approximate surface area is 140 Å². The molecule has 0 bridgehead atoms. The van der Waals surface area contributed by atoms with Crippen LogP contribution < -0.4 is 0 Å². The van der Waals surface area contributed by atoms with E-state index in [0.717, 1.165) is 51.6 Å². The summed E-state index contributed by atoms with van der Waals surface area (Å²) in [6.07, 6.45) is 5.86. The van der Waals surface area contributed by atoms with Crippen LogP contribution in [0.4, 0.5) is 0 Å². The number of amides is 1. The van der Waals surface area contributed by atoms with Gasteiger partial charge in [-0.25, -0.2) is 9.97 Å². The van der Waals surface area contributed by atoms with Gasteiger partial charge in [-0.15, -0.1) is 11.3 Å². The Morgan fingerprint density at radius 2 is 1.96 bits per heavy atom. The molecule has 1 aliphatic heterocycles. The molecule has 1 unspecified atom stereocenters. The van der Waals surface area contributed by atoms with Gasteiger partial charge in [0, 0.05) is 23.9 Å². The lowest BCUT2D eigenvalue weighted by atomic mass is 10.0. The SMILES string of the molecule is Cc1nc(C2CC2)nc2sc(C(=O)N3CCCCC3C)c(C)c12. The average Bonchev–Trinajstić information content (AvgIpc) is 3.31. The second-order valence-electron chi connectivity index (χ2n) is 7.02. The smallest absolute Gasteiger partial charge is 0.264 e. The topological polar surface area (TPSA) is 46.1 Å². The van der Waals surface area contributed by atoms with Crippen molar-refractivity contribution in [1.29, 1.82) is 0 Å². The van der Waals surface area contributed by atoms with Crippen molar-refractivity contribution in [3.8, 4) is 0 Å². The van der Waals surface area contributed by atoms with Gasteiger partial charge in [0.25, 0.3) is 5.91 Å². The van der Waals surface area contributed by atoms with E-state index in [4.69, 9.17) is 9.97 Å². The summed E-state index contributed by atoms with van der Waals surface area (Å²) in [5.74, 6) is 1.70. The maximum atomic E-state index is 13.0. The van der Waals surface area contributed by atoms with Gasteiger partial charge in [0.15, 0.2) is 0 Å². The molecule has 1 aliphatic carbocycles. The Balaban J connectivity index is 1.76. The number of nitrogens with zero attached hydrogens (tertiary/aromatic N) is 3. The minimum atomic E-state index is 0.185. The van der Waals surface area contributed by atoms with Crippen molar-refractivity contribution in [3.05, 3.63) is 22.0 Å². The van der Waals surface area contributed by atoms with Gasteiger partial charge >= 0.3 is 0 Å². The molecule has 1 amide bonds. The summed E-state index contributed by atoms with van der Waals surface area (Å²) >= 11 is 1.56. The van der Waals surface area contributed by atoms with Crippen molar-refractivity contribution in [1.82, 2.24) is 14.9 Å². The lowest BCUT2D eigenvalue weighted by Crippen LogP contribution is -2.41. The van der Waals surface area contributed by atoms with Crippen molar-refractivity contribution >= 4 is 27.5 Å². The number of aryl methyl sites for hydroxylation is 2. The van der Waals surface area contributed by atoms with Crippen molar-refractivity contribution < 1.29 is 4.79 Å². The number of carbonyl (C=O) groups is 1. The number of thiophene rings is 1. The molecule has 2 aromatic heterocycles. The standard InChI is InChI=1S/C18H23N3OS/c1-10-6-4-5-9-21(10)18(22)15-11(2)14-12(3)19-16(13-7-8-13)20-17(14)23-15/h10,13H,4-9H2,1-3H3. The van der Waals surface area contributed by atoms with Crippen LogP contribution in [-0.4, -0.2) is 33.4 Å². The largest absolute Gasteiger partial charge is 0.335 e. The summed E-state index contributed by atoms with van der Waals surface area (Å²) in [7, 11) is 0. The van der Waals surface area contributed by atoms with Gasteiger partial charge < -0.3 is 4.90 Å². The predicted molar refractivity (Wildman–Crippen MR) is 93.2 cm³/mol. The van der Waals surface area contributed by atoms with E-state index in [1.165, 1.54) is 19.3 Å². The number of hydrogen-bond donors (Lipinski definition) is 0. The third-order valence-electron chi connectivity index (χ3n) is 5.19. The van der Waals surface area contributed by atoms with Crippen LogP contribution in [0.25, 0.3) is 10.2 Å². The normalized spacial score (nSPS) is 21.9. The molecule has 122 valence electrons. The Kier molecular flexibility index (Phi) is 3.63. The van der Waals surface area contributed by atoms with Crippen LogP contribution in [0.2, 0.25) is 0 Å². The molecule has 0 N–H and O–H groups in total. The number of likely N-dealkylation sites (tertiary alicyclic amines) is 1. The average molecular weight is 329 g/mol. The van der Waals surface area contributed by atoms with E-state index in [2.05, 4.69) is 6.92 Å². The molecule has 1 saturated carbocycles. The summed E-state index contributed by atoms with van der Waals surface area (Å²) in [6.45, 7) is 7.14. The number of rotatable bonds is 2. The Morgan fingerprint density at radius 1 is 1.17 bits per heavy atom. The van der Waals surface area contributed by atoms with Crippen molar-refractivity contribution in [2.45, 2.75) is 64.8 Å². The maximum absolute atomic E-state index is 13.0. The molecule has 3 heterocycles. The lowest BCUT2D eigenvalue weighted by Gasteiger charge is -2.33. The molecule has 0 aromatic carbocycles. The molecule has 4 rings (SSSR count). The van der Waals surface area contributed by atoms with Gasteiger partial charge in [-0.05, 0) is 58.4 Å². The first-order valence-electron chi connectivity index (χ1n) is 8.65. The highest BCUT2D eigenvalue weighted by Gasteiger charge is 2.30. The number of aromatic nitrogens is 2. The summed E-state index contributed by atoms with van der Waals surface area (Å²) in [4.78, 5) is 26.4. The van der Waals surface area contributed by atoms with E-state index >= 15 is 0 Å². The van der Waals surface area contributed by atoms with Crippen LogP contribution in [0.3, 0.4) is 0 Å². The molecule has 1 atom stereocenters. The quantitative estimate of drug-likeness (QED) is 0.829. The molecule has 2 aromatic rings. The Bertz CT molecular complexity index is 778. The van der Waals surface area contributed by atoms with E-state index in [9.17, 15) is 4.79 Å². The highest BCUT2D eigenvalue weighted by atomic mass is 32.1. The second kappa shape index (κ2) is 5.55. The van der Waals surface area contributed by atoms with Gasteiger partial charge in [-0.3, -0.25) is 4.79 Å². The minimum absolute atomic E-state index is 0.185. The van der Waals surface area contributed by atoms with Crippen LogP contribution in [-0.2, 0) is 0 Å². The zero-order valence-electron chi connectivity index (χ0n) is 14.1. The monoisotopic (exact) mass is 329 g/mol. The fraction of sp³-hybridized carbons (Fsp3) is 0.611. The number of carbonyl (C=O) groups excluding carboxylic acids is 1. The molecular formula is C18H23N3OS. The van der Waals surface area contributed by atoms with E-state index in [-0.39, 0.29) is 5.91 Å². The van der Waals surface area contributed by atoms with Crippen LogP contribution in [0, 0.1) is 13.8 Å². The summed E-state index contributed by atoms with van der Waals surface area (Å²) < 4.78 is 0. The molecule has 4 nitrogen and oxygen atoms in total. The predicted octanol–water partition coefficient (Wildman–Crippen LogP) is 4.20. The fourth-order valence-electron chi connectivity index (χ4n) is 3.62. The number of fused-ring (bicyclic) bond motifs is 1. The first kappa shape index (κ1) is 15.1. The molecule has 2 aliphatic rings. The van der Waals surface area contributed by atoms with Crippen LogP contribution in [0.15, 0.2) is 0 Å². The highest BCUT2D eigenvalue weighted by molar-refractivity contribution is 7.20. The van der Waals surface area contributed by atoms with E-state index in [0.29, 0.717) is 12.0 Å². The van der Waals surface area contributed by atoms with Crippen LogP contribution in [0.5, 0.6) is 0 Å². The second-order valence-corrected chi connectivity index (χ2v) is 8.02. The van der Waals surface area contributed by atoms with Gasteiger partial charge in [0.05, 0.1) is 10.6 Å². The first-order valence-corrected chi connectivity index (χ1v) is 9.46. The third kappa shape index (κ3) is 2.55. The van der Waals surface area contributed by atoms with Crippen molar-refractivity contribution in [3.63, 3.8) is 0 Å². The maximum Gasteiger partial charge on any atom is 0.264 e. The summed E-state index contributed by atoms with van der Waals surface area (Å²) in [5, 5.41) is 1.09. The highest BCUT2D eigenvalue weighted by Crippen LogP contribution is 2.40. The molecule has 1 saturated heterocycles. The molecule has 0 spiro atoms. The van der Waals surface area contributed by atoms with Crippen LogP contribution in [0.1, 0.15) is 71.7 Å².